The predicted octanol–water partition coefficient (Wildman–Crippen LogP) is 5.23. The fourth-order valence-electron chi connectivity index (χ4n) is 1.75. The zero-order valence-electron chi connectivity index (χ0n) is 11.9. The van der Waals surface area contributed by atoms with Gasteiger partial charge in [0, 0.05) is 20.6 Å². The van der Waals surface area contributed by atoms with E-state index < -0.39 is 5.97 Å². The summed E-state index contributed by atoms with van der Waals surface area (Å²) in [6, 6.07) is 12.7. The number of hydrogen-bond acceptors (Lipinski definition) is 3. The lowest BCUT2D eigenvalue weighted by atomic mass is 10.2. The van der Waals surface area contributed by atoms with E-state index in [9.17, 15) is 4.79 Å². The fourth-order valence-corrected chi connectivity index (χ4v) is 2.39. The van der Waals surface area contributed by atoms with Gasteiger partial charge in [-0.15, -0.1) is 0 Å². The standard InChI is InChI=1S/C17H14Br2O3/c1-2-21-16-9-6-14(19)11-12(16)3-10-17(20)22-15-7-4-13(18)5-8-15/h3-11H,2H2,1H3/b10-3+. The van der Waals surface area contributed by atoms with Gasteiger partial charge in [-0.1, -0.05) is 31.9 Å². The van der Waals surface area contributed by atoms with Crippen molar-refractivity contribution in [2.75, 3.05) is 6.61 Å². The molecule has 2 aromatic rings. The highest BCUT2D eigenvalue weighted by Gasteiger charge is 2.04. The van der Waals surface area contributed by atoms with E-state index in [1.165, 1.54) is 6.08 Å². The van der Waals surface area contributed by atoms with Crippen LogP contribution in [0, 0.1) is 0 Å². The molecule has 0 saturated heterocycles. The summed E-state index contributed by atoms with van der Waals surface area (Å²) in [5.41, 5.74) is 0.809. The van der Waals surface area contributed by atoms with Crippen molar-refractivity contribution >= 4 is 43.9 Å². The van der Waals surface area contributed by atoms with Gasteiger partial charge in [-0.3, -0.25) is 0 Å². The summed E-state index contributed by atoms with van der Waals surface area (Å²) in [4.78, 5) is 11.9. The summed E-state index contributed by atoms with van der Waals surface area (Å²) in [5, 5.41) is 0. The summed E-state index contributed by atoms with van der Waals surface area (Å²) in [5.74, 6) is 0.778. The minimum Gasteiger partial charge on any atom is -0.493 e. The van der Waals surface area contributed by atoms with E-state index in [0.717, 1.165) is 20.3 Å². The van der Waals surface area contributed by atoms with E-state index in [-0.39, 0.29) is 0 Å². The number of benzene rings is 2. The zero-order chi connectivity index (χ0) is 15.9. The molecule has 0 aliphatic rings. The Balaban J connectivity index is 2.09. The molecular formula is C17H14Br2O3. The maximum absolute atomic E-state index is 11.9. The van der Waals surface area contributed by atoms with Crippen LogP contribution in [0.4, 0.5) is 0 Å². The Kier molecular flexibility index (Phi) is 6.21. The Morgan fingerprint density at radius 1 is 1.09 bits per heavy atom. The summed E-state index contributed by atoms with van der Waals surface area (Å²) in [6.45, 7) is 2.48. The third-order valence-corrected chi connectivity index (χ3v) is 3.72. The van der Waals surface area contributed by atoms with E-state index in [1.807, 2.05) is 37.3 Å². The molecule has 0 N–H and O–H groups in total. The maximum Gasteiger partial charge on any atom is 0.336 e. The monoisotopic (exact) mass is 424 g/mol. The van der Waals surface area contributed by atoms with Crippen LogP contribution < -0.4 is 9.47 Å². The highest BCUT2D eigenvalue weighted by molar-refractivity contribution is 9.10. The Bertz CT molecular complexity index is 679. The van der Waals surface area contributed by atoms with Crippen LogP contribution in [0.15, 0.2) is 57.5 Å². The first kappa shape index (κ1) is 16.8. The number of rotatable bonds is 5. The molecule has 3 nitrogen and oxygen atoms in total. The molecule has 0 fully saturated rings. The van der Waals surface area contributed by atoms with Crippen LogP contribution in [-0.2, 0) is 4.79 Å². The van der Waals surface area contributed by atoms with Crippen LogP contribution in [0.25, 0.3) is 6.08 Å². The van der Waals surface area contributed by atoms with Crippen molar-refractivity contribution in [3.8, 4) is 11.5 Å². The number of carbonyl (C=O) groups is 1. The van der Waals surface area contributed by atoms with Gasteiger partial charge in [0.1, 0.15) is 11.5 Å². The molecule has 2 aromatic carbocycles. The number of hydrogen-bond donors (Lipinski definition) is 0. The molecule has 2 rings (SSSR count). The van der Waals surface area contributed by atoms with Gasteiger partial charge in [-0.05, 0) is 55.5 Å². The van der Waals surface area contributed by atoms with Gasteiger partial charge in [0.05, 0.1) is 6.61 Å². The molecule has 0 heterocycles. The molecule has 0 aliphatic heterocycles. The van der Waals surface area contributed by atoms with Gasteiger partial charge in [0.25, 0.3) is 0 Å². The Morgan fingerprint density at radius 3 is 2.45 bits per heavy atom. The molecule has 22 heavy (non-hydrogen) atoms. The Labute approximate surface area is 146 Å². The predicted molar refractivity (Wildman–Crippen MR) is 94.1 cm³/mol. The average molecular weight is 426 g/mol. The van der Waals surface area contributed by atoms with Crippen LogP contribution >= 0.6 is 31.9 Å². The van der Waals surface area contributed by atoms with E-state index in [2.05, 4.69) is 31.9 Å². The highest BCUT2D eigenvalue weighted by atomic mass is 79.9. The second kappa shape index (κ2) is 8.15. The first-order valence-corrected chi connectivity index (χ1v) is 8.25. The molecule has 0 aliphatic carbocycles. The summed E-state index contributed by atoms with van der Waals surface area (Å²) in [6.07, 6.45) is 3.06. The van der Waals surface area contributed by atoms with Crippen molar-refractivity contribution in [2.24, 2.45) is 0 Å². The van der Waals surface area contributed by atoms with Gasteiger partial charge >= 0.3 is 5.97 Å². The van der Waals surface area contributed by atoms with Gasteiger partial charge in [0.2, 0.25) is 0 Å². The first-order chi connectivity index (χ1) is 10.6. The molecule has 0 saturated carbocycles. The zero-order valence-corrected chi connectivity index (χ0v) is 15.1. The Morgan fingerprint density at radius 2 is 1.77 bits per heavy atom. The molecule has 0 amide bonds. The van der Waals surface area contributed by atoms with Crippen molar-refractivity contribution < 1.29 is 14.3 Å². The van der Waals surface area contributed by atoms with Crippen LogP contribution in [0.3, 0.4) is 0 Å². The minimum absolute atomic E-state index is 0.440. The molecule has 0 radical (unpaired) electrons. The summed E-state index contributed by atoms with van der Waals surface area (Å²) in [7, 11) is 0. The molecule has 114 valence electrons. The largest absolute Gasteiger partial charge is 0.493 e. The number of halogens is 2. The van der Waals surface area contributed by atoms with E-state index >= 15 is 0 Å². The quantitative estimate of drug-likeness (QED) is 0.373. The SMILES string of the molecule is CCOc1ccc(Br)cc1/C=C/C(=O)Oc1ccc(Br)cc1. The molecule has 0 aromatic heterocycles. The van der Waals surface area contributed by atoms with Crippen molar-refractivity contribution in [3.05, 3.63) is 63.0 Å². The normalized spacial score (nSPS) is 10.7. The molecule has 0 atom stereocenters. The topological polar surface area (TPSA) is 35.5 Å². The van der Waals surface area contributed by atoms with Crippen LogP contribution in [0.5, 0.6) is 11.5 Å². The third kappa shape index (κ3) is 5.00. The minimum atomic E-state index is -0.440. The lowest BCUT2D eigenvalue weighted by Gasteiger charge is -2.07. The van der Waals surface area contributed by atoms with Crippen molar-refractivity contribution in [1.29, 1.82) is 0 Å². The number of carbonyl (C=O) groups excluding carboxylic acids is 1. The maximum atomic E-state index is 11.9. The molecule has 0 spiro atoms. The van der Waals surface area contributed by atoms with Gasteiger partial charge in [-0.2, -0.15) is 0 Å². The van der Waals surface area contributed by atoms with Crippen molar-refractivity contribution in [2.45, 2.75) is 6.92 Å². The van der Waals surface area contributed by atoms with Gasteiger partial charge in [-0.25, -0.2) is 4.79 Å². The first-order valence-electron chi connectivity index (χ1n) is 6.66. The molecule has 5 heteroatoms. The van der Waals surface area contributed by atoms with Crippen molar-refractivity contribution in [3.63, 3.8) is 0 Å². The third-order valence-electron chi connectivity index (χ3n) is 2.70. The van der Waals surface area contributed by atoms with E-state index in [4.69, 9.17) is 9.47 Å². The fraction of sp³-hybridized carbons (Fsp3) is 0.118. The molecule has 0 bridgehead atoms. The van der Waals surface area contributed by atoms with E-state index in [1.54, 1.807) is 18.2 Å². The van der Waals surface area contributed by atoms with Crippen LogP contribution in [0.1, 0.15) is 12.5 Å². The lowest BCUT2D eigenvalue weighted by molar-refractivity contribution is -0.128. The summed E-state index contributed by atoms with van der Waals surface area (Å²) < 4.78 is 12.6. The van der Waals surface area contributed by atoms with Crippen LogP contribution in [0.2, 0.25) is 0 Å². The molecule has 0 unspecified atom stereocenters. The van der Waals surface area contributed by atoms with Gasteiger partial charge in [0.15, 0.2) is 0 Å². The highest BCUT2D eigenvalue weighted by Crippen LogP contribution is 2.24. The van der Waals surface area contributed by atoms with Crippen molar-refractivity contribution in [1.82, 2.24) is 0 Å². The Hall–Kier alpha value is -1.59. The lowest BCUT2D eigenvalue weighted by Crippen LogP contribution is -2.03. The van der Waals surface area contributed by atoms with Crippen LogP contribution in [-0.4, -0.2) is 12.6 Å². The number of ether oxygens (including phenoxy) is 2. The average Bonchev–Trinajstić information content (AvgIpc) is 2.50. The smallest absolute Gasteiger partial charge is 0.336 e. The second-order valence-corrected chi connectivity index (χ2v) is 6.15. The summed E-state index contributed by atoms with van der Waals surface area (Å²) >= 11 is 6.73. The number of esters is 1. The van der Waals surface area contributed by atoms with E-state index in [0.29, 0.717) is 12.4 Å². The van der Waals surface area contributed by atoms with Gasteiger partial charge < -0.3 is 9.47 Å². The second-order valence-electron chi connectivity index (χ2n) is 4.32. The molecular weight excluding hydrogens is 412 g/mol.